The molecule has 0 amide bonds. The smallest absolute Gasteiger partial charge is 0.215 e. The molecule has 1 aliphatic rings. The molecule has 1 aromatic rings. The van der Waals surface area contributed by atoms with Gasteiger partial charge in [-0.25, -0.2) is 17.7 Å². The Labute approximate surface area is 146 Å². The van der Waals surface area contributed by atoms with Gasteiger partial charge in [0, 0.05) is 49.3 Å². The molecule has 0 atom stereocenters. The summed E-state index contributed by atoms with van der Waals surface area (Å²) in [6, 6.07) is 0. The number of nitrogens with one attached hydrogen (secondary N) is 2. The summed E-state index contributed by atoms with van der Waals surface area (Å²) in [5.41, 5.74) is 1.00. The number of thioether (sulfide) groups is 1. The van der Waals surface area contributed by atoms with Crippen molar-refractivity contribution in [2.45, 2.75) is 13.5 Å². The molecule has 0 unspecified atom stereocenters. The lowest BCUT2D eigenvalue weighted by atomic mass is 10.5. The summed E-state index contributed by atoms with van der Waals surface area (Å²) in [4.78, 5) is 8.47. The Kier molecular flexibility index (Phi) is 7.12. The van der Waals surface area contributed by atoms with Crippen LogP contribution >= 0.6 is 23.1 Å². The van der Waals surface area contributed by atoms with Gasteiger partial charge >= 0.3 is 0 Å². The lowest BCUT2D eigenvalue weighted by Crippen LogP contribution is -2.44. The molecule has 2 rings (SSSR count). The summed E-state index contributed by atoms with van der Waals surface area (Å²) in [7, 11) is -1.52. The third kappa shape index (κ3) is 5.94. The Morgan fingerprint density at radius 2 is 2.13 bits per heavy atom. The first-order chi connectivity index (χ1) is 11.0. The molecule has 0 aromatic carbocycles. The van der Waals surface area contributed by atoms with E-state index >= 15 is 0 Å². The van der Waals surface area contributed by atoms with Crippen LogP contribution in [0.2, 0.25) is 0 Å². The van der Waals surface area contributed by atoms with Crippen molar-refractivity contribution in [2.24, 2.45) is 4.99 Å². The van der Waals surface area contributed by atoms with E-state index in [0.29, 0.717) is 32.1 Å². The zero-order valence-electron chi connectivity index (χ0n) is 13.4. The molecule has 10 heteroatoms. The van der Waals surface area contributed by atoms with Crippen molar-refractivity contribution in [2.75, 3.05) is 43.9 Å². The number of guanidine groups is 1. The van der Waals surface area contributed by atoms with Gasteiger partial charge in [-0.05, 0) is 6.92 Å². The minimum atomic E-state index is -3.19. The number of hydrogen-bond donors (Lipinski definition) is 2. The fourth-order valence-electron chi connectivity index (χ4n) is 2.12. The number of hydrogen-bond acceptors (Lipinski definition) is 6. The van der Waals surface area contributed by atoms with Gasteiger partial charge in [-0.3, -0.25) is 4.99 Å². The summed E-state index contributed by atoms with van der Waals surface area (Å²) in [5.74, 6) is 2.42. The molecule has 2 heterocycles. The number of thiazole rings is 1. The summed E-state index contributed by atoms with van der Waals surface area (Å²) >= 11 is 3.39. The van der Waals surface area contributed by atoms with Gasteiger partial charge in [-0.1, -0.05) is 0 Å². The number of sulfonamides is 1. The van der Waals surface area contributed by atoms with Gasteiger partial charge in [0.1, 0.15) is 5.01 Å². The molecule has 23 heavy (non-hydrogen) atoms. The van der Waals surface area contributed by atoms with Crippen molar-refractivity contribution in [1.29, 1.82) is 0 Å². The van der Waals surface area contributed by atoms with Crippen LogP contribution < -0.4 is 10.6 Å². The van der Waals surface area contributed by atoms with Crippen molar-refractivity contribution in [3.05, 3.63) is 16.1 Å². The number of aliphatic imine (C=N–C) groups is 1. The summed E-state index contributed by atoms with van der Waals surface area (Å²) in [6.07, 6.45) is 0. The normalized spacial score (nSPS) is 17.2. The monoisotopic (exact) mass is 377 g/mol. The molecule has 1 aromatic heterocycles. The number of aryl methyl sites for hydroxylation is 1. The van der Waals surface area contributed by atoms with Gasteiger partial charge < -0.3 is 10.6 Å². The summed E-state index contributed by atoms with van der Waals surface area (Å²) < 4.78 is 26.1. The highest BCUT2D eigenvalue weighted by Crippen LogP contribution is 2.13. The van der Waals surface area contributed by atoms with Crippen molar-refractivity contribution >= 4 is 39.1 Å². The lowest BCUT2D eigenvalue weighted by Gasteiger charge is -2.25. The van der Waals surface area contributed by atoms with Crippen LogP contribution in [-0.4, -0.2) is 67.6 Å². The molecule has 1 aliphatic heterocycles. The molecule has 0 saturated carbocycles. The Morgan fingerprint density at radius 3 is 2.74 bits per heavy atom. The van der Waals surface area contributed by atoms with Crippen molar-refractivity contribution in [3.8, 4) is 0 Å². The molecule has 0 aliphatic carbocycles. The van der Waals surface area contributed by atoms with Crippen molar-refractivity contribution < 1.29 is 8.42 Å². The first-order valence-corrected chi connectivity index (χ1v) is 11.1. The zero-order chi connectivity index (χ0) is 16.7. The fraction of sp³-hybridized carbons (Fsp3) is 0.692. The third-order valence-electron chi connectivity index (χ3n) is 3.31. The van der Waals surface area contributed by atoms with Gasteiger partial charge in [-0.15, -0.1) is 11.3 Å². The largest absolute Gasteiger partial charge is 0.355 e. The third-order valence-corrected chi connectivity index (χ3v) is 7.09. The number of nitrogens with zero attached hydrogens (tertiary/aromatic N) is 3. The standard InChI is InChI=1S/C13H23N5O2S3/c1-11-10-22-12(17-11)9-16-13(14-2)15-3-8-23(19,20)18-4-6-21-7-5-18/h10H,3-9H2,1-2H3,(H2,14,15,16). The van der Waals surface area contributed by atoms with E-state index in [2.05, 4.69) is 20.6 Å². The molecule has 0 radical (unpaired) electrons. The molecule has 1 saturated heterocycles. The molecule has 130 valence electrons. The predicted octanol–water partition coefficient (Wildman–Crippen LogP) is 0.495. The molecule has 7 nitrogen and oxygen atoms in total. The second kappa shape index (κ2) is 8.86. The van der Waals surface area contributed by atoms with Crippen LogP contribution in [0.15, 0.2) is 10.4 Å². The van der Waals surface area contributed by atoms with E-state index in [9.17, 15) is 8.42 Å². The van der Waals surface area contributed by atoms with E-state index in [1.165, 1.54) is 0 Å². The number of aromatic nitrogens is 1. The number of rotatable bonds is 6. The van der Waals surface area contributed by atoms with Crippen LogP contribution in [0.1, 0.15) is 10.7 Å². The van der Waals surface area contributed by atoms with Crippen LogP contribution in [0.4, 0.5) is 0 Å². The summed E-state index contributed by atoms with van der Waals surface area (Å²) in [6.45, 7) is 4.10. The van der Waals surface area contributed by atoms with Gasteiger partial charge in [0.25, 0.3) is 0 Å². The topological polar surface area (TPSA) is 86.7 Å². The van der Waals surface area contributed by atoms with Gasteiger partial charge in [0.15, 0.2) is 5.96 Å². The first kappa shape index (κ1) is 18.5. The Morgan fingerprint density at radius 1 is 1.39 bits per heavy atom. The maximum absolute atomic E-state index is 12.2. The van der Waals surface area contributed by atoms with Crippen LogP contribution in [0, 0.1) is 6.92 Å². The lowest BCUT2D eigenvalue weighted by molar-refractivity contribution is 0.443. The molecule has 0 spiro atoms. The Hall–Kier alpha value is -0.840. The van der Waals surface area contributed by atoms with Crippen LogP contribution in [0.3, 0.4) is 0 Å². The maximum Gasteiger partial charge on any atom is 0.215 e. The van der Waals surface area contributed by atoms with Crippen molar-refractivity contribution in [1.82, 2.24) is 19.9 Å². The minimum Gasteiger partial charge on any atom is -0.355 e. The van der Waals surface area contributed by atoms with Crippen LogP contribution in [0.5, 0.6) is 0 Å². The summed E-state index contributed by atoms with van der Waals surface area (Å²) in [5, 5.41) is 9.16. The Bertz CT molecular complexity index is 623. The zero-order valence-corrected chi connectivity index (χ0v) is 15.9. The quantitative estimate of drug-likeness (QED) is 0.554. The van der Waals surface area contributed by atoms with Crippen LogP contribution in [-0.2, 0) is 16.6 Å². The van der Waals surface area contributed by atoms with Crippen LogP contribution in [0.25, 0.3) is 0 Å². The highest BCUT2D eigenvalue weighted by atomic mass is 32.2. The van der Waals surface area contributed by atoms with E-state index in [-0.39, 0.29) is 5.75 Å². The second-order valence-electron chi connectivity index (χ2n) is 5.06. The average Bonchev–Trinajstić information content (AvgIpc) is 2.97. The molecular formula is C13H23N5O2S3. The van der Waals surface area contributed by atoms with Gasteiger partial charge in [0.05, 0.1) is 12.3 Å². The second-order valence-corrected chi connectivity index (χ2v) is 9.32. The maximum atomic E-state index is 12.2. The van der Waals surface area contributed by atoms with E-state index in [1.54, 1.807) is 34.5 Å². The Balaban J connectivity index is 1.74. The SMILES string of the molecule is CN=C(NCCS(=O)(=O)N1CCSCC1)NCc1nc(C)cs1. The fourth-order valence-corrected chi connectivity index (χ4v) is 5.32. The van der Waals surface area contributed by atoms with E-state index < -0.39 is 10.0 Å². The highest BCUT2D eigenvalue weighted by molar-refractivity contribution is 7.99. The average molecular weight is 378 g/mol. The predicted molar refractivity (Wildman–Crippen MR) is 97.7 cm³/mol. The van der Waals surface area contributed by atoms with Gasteiger partial charge in [-0.2, -0.15) is 11.8 Å². The van der Waals surface area contributed by atoms with E-state index in [1.807, 2.05) is 12.3 Å². The molecule has 0 bridgehead atoms. The van der Waals surface area contributed by atoms with Crippen molar-refractivity contribution in [3.63, 3.8) is 0 Å². The van der Waals surface area contributed by atoms with E-state index in [0.717, 1.165) is 22.2 Å². The van der Waals surface area contributed by atoms with E-state index in [4.69, 9.17) is 0 Å². The first-order valence-electron chi connectivity index (χ1n) is 7.42. The molecule has 2 N–H and O–H groups in total. The highest BCUT2D eigenvalue weighted by Gasteiger charge is 2.23. The van der Waals surface area contributed by atoms with Gasteiger partial charge in [0.2, 0.25) is 10.0 Å². The minimum absolute atomic E-state index is 0.0781. The molecular weight excluding hydrogens is 354 g/mol. The molecule has 1 fully saturated rings.